The lowest BCUT2D eigenvalue weighted by atomic mass is 10.00. The van der Waals surface area contributed by atoms with Crippen molar-refractivity contribution >= 4 is 5.97 Å². The number of esters is 1. The molecule has 0 aromatic heterocycles. The lowest BCUT2D eigenvalue weighted by molar-refractivity contribution is -0.144. The highest BCUT2D eigenvalue weighted by Crippen LogP contribution is 2.16. The number of rotatable bonds is 6. The van der Waals surface area contributed by atoms with Crippen LogP contribution in [0.5, 0.6) is 5.75 Å². The van der Waals surface area contributed by atoms with Crippen molar-refractivity contribution in [3.05, 3.63) is 65.2 Å². The Labute approximate surface area is 131 Å². The highest BCUT2D eigenvalue weighted by atomic mass is 16.5. The molecule has 2 aromatic rings. The largest absolute Gasteiger partial charge is 0.497 e. The third kappa shape index (κ3) is 4.62. The molecule has 0 spiro atoms. The second-order valence-electron chi connectivity index (χ2n) is 5.59. The van der Waals surface area contributed by atoms with E-state index in [1.807, 2.05) is 36.4 Å². The van der Waals surface area contributed by atoms with E-state index in [0.717, 1.165) is 16.9 Å². The fourth-order valence-corrected chi connectivity index (χ4v) is 2.17. The van der Waals surface area contributed by atoms with Crippen LogP contribution in [0.3, 0.4) is 0 Å². The van der Waals surface area contributed by atoms with E-state index >= 15 is 0 Å². The molecule has 2 aromatic carbocycles. The molecule has 0 saturated carbocycles. The third-order valence-electron chi connectivity index (χ3n) is 3.53. The molecule has 0 amide bonds. The minimum absolute atomic E-state index is 0.211. The molecule has 3 heteroatoms. The molecule has 3 nitrogen and oxygen atoms in total. The van der Waals surface area contributed by atoms with E-state index in [-0.39, 0.29) is 12.6 Å². The van der Waals surface area contributed by atoms with E-state index in [2.05, 4.69) is 26.0 Å². The number of hydrogen-bond donors (Lipinski definition) is 0. The van der Waals surface area contributed by atoms with Gasteiger partial charge in [-0.05, 0) is 34.7 Å². The molecule has 0 atom stereocenters. The normalized spacial score (nSPS) is 10.5. The van der Waals surface area contributed by atoms with Gasteiger partial charge in [0.25, 0.3) is 0 Å². The summed E-state index contributed by atoms with van der Waals surface area (Å²) in [6.45, 7) is 4.56. The van der Waals surface area contributed by atoms with Crippen LogP contribution in [0.25, 0.3) is 0 Å². The van der Waals surface area contributed by atoms with Crippen molar-refractivity contribution < 1.29 is 14.3 Å². The molecule has 0 aliphatic carbocycles. The molecule has 0 fully saturated rings. The Morgan fingerprint density at radius 1 is 1.05 bits per heavy atom. The fourth-order valence-electron chi connectivity index (χ4n) is 2.17. The van der Waals surface area contributed by atoms with Gasteiger partial charge in [0, 0.05) is 0 Å². The van der Waals surface area contributed by atoms with E-state index in [9.17, 15) is 4.79 Å². The number of carbonyl (C=O) groups is 1. The molecule has 2 rings (SSSR count). The zero-order valence-electron chi connectivity index (χ0n) is 13.3. The molecule has 0 aliphatic rings. The van der Waals surface area contributed by atoms with Gasteiger partial charge >= 0.3 is 5.97 Å². The third-order valence-corrected chi connectivity index (χ3v) is 3.53. The molecule has 116 valence electrons. The first-order chi connectivity index (χ1) is 10.6. The van der Waals surface area contributed by atoms with E-state index < -0.39 is 0 Å². The highest BCUT2D eigenvalue weighted by molar-refractivity contribution is 5.72. The van der Waals surface area contributed by atoms with Gasteiger partial charge in [-0.15, -0.1) is 0 Å². The zero-order valence-corrected chi connectivity index (χ0v) is 13.3. The molecule has 0 radical (unpaired) electrons. The van der Waals surface area contributed by atoms with Gasteiger partial charge in [0.05, 0.1) is 13.5 Å². The quantitative estimate of drug-likeness (QED) is 0.753. The summed E-state index contributed by atoms with van der Waals surface area (Å²) in [4.78, 5) is 11.9. The van der Waals surface area contributed by atoms with Crippen molar-refractivity contribution in [2.45, 2.75) is 32.8 Å². The summed E-state index contributed by atoms with van der Waals surface area (Å²) in [6, 6.07) is 15.6. The summed E-state index contributed by atoms with van der Waals surface area (Å²) in [7, 11) is 1.63. The molecule has 0 saturated heterocycles. The van der Waals surface area contributed by atoms with Crippen LogP contribution < -0.4 is 4.74 Å². The summed E-state index contributed by atoms with van der Waals surface area (Å²) >= 11 is 0. The summed E-state index contributed by atoms with van der Waals surface area (Å²) < 4.78 is 10.4. The number of hydrogen-bond acceptors (Lipinski definition) is 3. The summed E-state index contributed by atoms with van der Waals surface area (Å²) in [5.41, 5.74) is 3.18. The second kappa shape index (κ2) is 7.64. The molecule has 0 heterocycles. The Morgan fingerprint density at radius 2 is 1.77 bits per heavy atom. The van der Waals surface area contributed by atoms with Crippen molar-refractivity contribution in [1.29, 1.82) is 0 Å². The summed E-state index contributed by atoms with van der Waals surface area (Å²) in [5, 5.41) is 0. The van der Waals surface area contributed by atoms with Crippen LogP contribution in [0.1, 0.15) is 36.5 Å². The SMILES string of the molecule is COc1ccc(COC(=O)Cc2cccc(C(C)C)c2)cc1. The lowest BCUT2D eigenvalue weighted by Gasteiger charge is -2.09. The van der Waals surface area contributed by atoms with Crippen LogP contribution >= 0.6 is 0 Å². The van der Waals surface area contributed by atoms with Crippen LogP contribution in [0.15, 0.2) is 48.5 Å². The first kappa shape index (κ1) is 16.1. The van der Waals surface area contributed by atoms with Gasteiger partial charge in [0.15, 0.2) is 0 Å². The predicted molar refractivity (Wildman–Crippen MR) is 87.0 cm³/mol. The Balaban J connectivity index is 1.88. The van der Waals surface area contributed by atoms with Crippen LogP contribution in [0.2, 0.25) is 0 Å². The molecule has 0 N–H and O–H groups in total. The first-order valence-corrected chi connectivity index (χ1v) is 7.46. The Hall–Kier alpha value is -2.29. The van der Waals surface area contributed by atoms with Crippen LogP contribution in [-0.4, -0.2) is 13.1 Å². The zero-order chi connectivity index (χ0) is 15.9. The summed E-state index contributed by atoms with van der Waals surface area (Å²) in [5.74, 6) is 1.03. The number of carbonyl (C=O) groups excluding carboxylic acids is 1. The van der Waals surface area contributed by atoms with E-state index in [1.165, 1.54) is 5.56 Å². The van der Waals surface area contributed by atoms with Crippen molar-refractivity contribution in [3.63, 3.8) is 0 Å². The van der Waals surface area contributed by atoms with E-state index in [0.29, 0.717) is 12.3 Å². The lowest BCUT2D eigenvalue weighted by Crippen LogP contribution is -2.08. The van der Waals surface area contributed by atoms with E-state index in [1.54, 1.807) is 7.11 Å². The maximum atomic E-state index is 11.9. The van der Waals surface area contributed by atoms with Gasteiger partial charge in [0.1, 0.15) is 12.4 Å². The Kier molecular flexibility index (Phi) is 5.59. The van der Waals surface area contributed by atoms with Gasteiger partial charge in [-0.2, -0.15) is 0 Å². The smallest absolute Gasteiger partial charge is 0.310 e. The highest BCUT2D eigenvalue weighted by Gasteiger charge is 2.07. The number of ether oxygens (including phenoxy) is 2. The first-order valence-electron chi connectivity index (χ1n) is 7.46. The van der Waals surface area contributed by atoms with E-state index in [4.69, 9.17) is 9.47 Å². The maximum Gasteiger partial charge on any atom is 0.310 e. The molecule has 22 heavy (non-hydrogen) atoms. The standard InChI is InChI=1S/C19H22O3/c1-14(2)17-6-4-5-16(11-17)12-19(20)22-13-15-7-9-18(21-3)10-8-15/h4-11,14H,12-13H2,1-3H3. The molecule has 0 aliphatic heterocycles. The number of benzene rings is 2. The summed E-state index contributed by atoms with van der Waals surface area (Å²) in [6.07, 6.45) is 0.302. The Morgan fingerprint density at radius 3 is 2.41 bits per heavy atom. The molecule has 0 unspecified atom stereocenters. The van der Waals surface area contributed by atoms with Gasteiger partial charge in [0.2, 0.25) is 0 Å². The van der Waals surface area contributed by atoms with Crippen molar-refractivity contribution in [3.8, 4) is 5.75 Å². The molecular formula is C19H22O3. The van der Waals surface area contributed by atoms with Crippen molar-refractivity contribution in [1.82, 2.24) is 0 Å². The van der Waals surface area contributed by atoms with Crippen molar-refractivity contribution in [2.24, 2.45) is 0 Å². The molecule has 0 bridgehead atoms. The topological polar surface area (TPSA) is 35.5 Å². The van der Waals surface area contributed by atoms with Gasteiger partial charge in [-0.1, -0.05) is 50.2 Å². The van der Waals surface area contributed by atoms with Gasteiger partial charge in [-0.3, -0.25) is 4.79 Å². The van der Waals surface area contributed by atoms with Gasteiger partial charge in [-0.25, -0.2) is 0 Å². The maximum absolute atomic E-state index is 11.9. The van der Waals surface area contributed by atoms with Crippen molar-refractivity contribution in [2.75, 3.05) is 7.11 Å². The van der Waals surface area contributed by atoms with Crippen LogP contribution in [0.4, 0.5) is 0 Å². The average molecular weight is 298 g/mol. The average Bonchev–Trinajstić information content (AvgIpc) is 2.53. The minimum atomic E-state index is -0.211. The predicted octanol–water partition coefficient (Wildman–Crippen LogP) is 4.10. The van der Waals surface area contributed by atoms with Crippen LogP contribution in [-0.2, 0) is 22.6 Å². The fraction of sp³-hybridized carbons (Fsp3) is 0.316. The molecular weight excluding hydrogens is 276 g/mol. The van der Waals surface area contributed by atoms with Gasteiger partial charge < -0.3 is 9.47 Å². The monoisotopic (exact) mass is 298 g/mol. The second-order valence-corrected chi connectivity index (χ2v) is 5.59. The number of methoxy groups -OCH3 is 1. The Bertz CT molecular complexity index is 615. The minimum Gasteiger partial charge on any atom is -0.497 e. The van der Waals surface area contributed by atoms with Crippen LogP contribution in [0, 0.1) is 0 Å².